The number of nitrogens with one attached hydrogen (secondary N) is 3. The van der Waals surface area contributed by atoms with Crippen LogP contribution in [-0.2, 0) is 9.53 Å². The van der Waals surface area contributed by atoms with Gasteiger partial charge in [0.2, 0.25) is 5.95 Å². The van der Waals surface area contributed by atoms with Crippen LogP contribution >= 0.6 is 0 Å². The highest BCUT2D eigenvalue weighted by atomic mass is 16.5. The number of urea groups is 1. The third kappa shape index (κ3) is 5.48. The monoisotopic (exact) mass is 266 g/mol. The van der Waals surface area contributed by atoms with Gasteiger partial charge in [-0.3, -0.25) is 15.1 Å². The lowest BCUT2D eigenvalue weighted by molar-refractivity contribution is -0.137. The van der Waals surface area contributed by atoms with Gasteiger partial charge in [-0.15, -0.1) is 0 Å². The normalized spacial score (nSPS) is 9.53. The lowest BCUT2D eigenvalue weighted by Gasteiger charge is -2.07. The number of aromatic nitrogens is 2. The van der Waals surface area contributed by atoms with Gasteiger partial charge in [-0.2, -0.15) is 0 Å². The van der Waals surface area contributed by atoms with Gasteiger partial charge in [-0.25, -0.2) is 14.6 Å². The lowest BCUT2D eigenvalue weighted by Crippen LogP contribution is -2.33. The Morgan fingerprint density at radius 1 is 1.58 bits per heavy atom. The van der Waals surface area contributed by atoms with Crippen LogP contribution in [-0.4, -0.2) is 35.1 Å². The molecule has 0 unspecified atom stereocenters. The van der Waals surface area contributed by atoms with Gasteiger partial charge in [0, 0.05) is 17.8 Å². The van der Waals surface area contributed by atoms with E-state index in [4.69, 9.17) is 0 Å². The maximum atomic E-state index is 11.4. The molecule has 2 amide bonds. The first-order valence-corrected chi connectivity index (χ1v) is 5.43. The summed E-state index contributed by atoms with van der Waals surface area (Å²) in [7, 11) is 0. The summed E-state index contributed by atoms with van der Waals surface area (Å²) in [6.45, 7) is 5.01. The first kappa shape index (κ1) is 14.4. The molecule has 0 aliphatic heterocycles. The van der Waals surface area contributed by atoms with Crippen molar-refractivity contribution in [2.75, 3.05) is 18.5 Å². The molecular formula is C11H14N4O4. The van der Waals surface area contributed by atoms with Gasteiger partial charge in [0.1, 0.15) is 6.61 Å². The van der Waals surface area contributed by atoms with Gasteiger partial charge in [-0.05, 0) is 6.92 Å². The average molecular weight is 266 g/mol. The molecule has 102 valence electrons. The van der Waals surface area contributed by atoms with E-state index in [-0.39, 0.29) is 24.7 Å². The summed E-state index contributed by atoms with van der Waals surface area (Å²) in [5.74, 6) is -0.516. The molecule has 0 aliphatic rings. The Morgan fingerprint density at radius 2 is 2.32 bits per heavy atom. The number of hydrogen-bond acceptors (Lipinski definition) is 5. The fraction of sp³-hybridized carbons (Fsp3) is 0.273. The van der Waals surface area contributed by atoms with Crippen molar-refractivity contribution in [1.29, 1.82) is 0 Å². The second-order valence-electron chi connectivity index (χ2n) is 3.49. The zero-order valence-electron chi connectivity index (χ0n) is 10.4. The van der Waals surface area contributed by atoms with E-state index in [1.54, 1.807) is 6.92 Å². The van der Waals surface area contributed by atoms with E-state index in [2.05, 4.69) is 31.9 Å². The van der Waals surface area contributed by atoms with Crippen LogP contribution in [0.5, 0.6) is 0 Å². The second kappa shape index (κ2) is 6.94. The molecule has 3 N–H and O–H groups in total. The van der Waals surface area contributed by atoms with Crippen LogP contribution in [0, 0.1) is 6.92 Å². The van der Waals surface area contributed by atoms with Crippen LogP contribution in [0.2, 0.25) is 0 Å². The third-order valence-corrected chi connectivity index (χ3v) is 1.90. The summed E-state index contributed by atoms with van der Waals surface area (Å²) >= 11 is 0. The quantitative estimate of drug-likeness (QED) is 0.392. The number of esters is 1. The number of carbonyl (C=O) groups excluding carboxylic acids is 2. The molecule has 1 aromatic rings. The molecular weight excluding hydrogens is 252 g/mol. The molecule has 8 heteroatoms. The number of aromatic amines is 1. The van der Waals surface area contributed by atoms with Gasteiger partial charge < -0.3 is 10.1 Å². The van der Waals surface area contributed by atoms with Gasteiger partial charge >= 0.3 is 12.0 Å². The van der Waals surface area contributed by atoms with Gasteiger partial charge in [0.05, 0.1) is 6.54 Å². The second-order valence-corrected chi connectivity index (χ2v) is 3.49. The summed E-state index contributed by atoms with van der Waals surface area (Å²) in [6.07, 6.45) is 1.03. The summed E-state index contributed by atoms with van der Waals surface area (Å²) in [5.41, 5.74) is 0.127. The first-order chi connectivity index (χ1) is 9.01. The molecule has 0 radical (unpaired) electrons. The fourth-order valence-electron chi connectivity index (χ4n) is 1.17. The Morgan fingerprint density at radius 3 is 2.95 bits per heavy atom. The van der Waals surface area contributed by atoms with E-state index >= 15 is 0 Å². The zero-order chi connectivity index (χ0) is 14.3. The minimum Gasteiger partial charge on any atom is -0.461 e. The highest BCUT2D eigenvalue weighted by molar-refractivity contribution is 5.87. The van der Waals surface area contributed by atoms with Crippen molar-refractivity contribution in [1.82, 2.24) is 15.3 Å². The molecule has 0 saturated heterocycles. The Bertz CT molecular complexity index is 538. The van der Waals surface area contributed by atoms with Crippen LogP contribution < -0.4 is 16.2 Å². The van der Waals surface area contributed by atoms with Crippen molar-refractivity contribution < 1.29 is 14.3 Å². The SMILES string of the molecule is C=CC(=O)OCCNC(=O)Nc1nc(C)cc(=O)[nH]1. The highest BCUT2D eigenvalue weighted by Crippen LogP contribution is 1.94. The standard InChI is InChI=1S/C11H14N4O4/c1-3-9(17)19-5-4-12-11(18)15-10-13-7(2)6-8(16)14-10/h3,6H,1,4-5H2,2H3,(H3,12,13,14,15,16,18). The van der Waals surface area contributed by atoms with Gasteiger partial charge in [0.15, 0.2) is 0 Å². The van der Waals surface area contributed by atoms with E-state index in [0.717, 1.165) is 6.08 Å². The number of carbonyl (C=O) groups is 2. The van der Waals surface area contributed by atoms with Crippen molar-refractivity contribution in [3.63, 3.8) is 0 Å². The molecule has 1 heterocycles. The molecule has 19 heavy (non-hydrogen) atoms. The Labute approximate surface area is 108 Å². The third-order valence-electron chi connectivity index (χ3n) is 1.90. The Hall–Kier alpha value is -2.64. The molecule has 0 aliphatic carbocycles. The molecule has 8 nitrogen and oxygen atoms in total. The van der Waals surface area contributed by atoms with E-state index in [1.165, 1.54) is 6.07 Å². The van der Waals surface area contributed by atoms with Crippen LogP contribution in [0.3, 0.4) is 0 Å². The molecule has 0 atom stereocenters. The summed E-state index contributed by atoms with van der Waals surface area (Å²) < 4.78 is 4.66. The van der Waals surface area contributed by atoms with Gasteiger partial charge in [-0.1, -0.05) is 6.58 Å². The highest BCUT2D eigenvalue weighted by Gasteiger charge is 2.04. The van der Waals surface area contributed by atoms with Crippen molar-refractivity contribution in [3.05, 3.63) is 34.8 Å². The summed E-state index contributed by atoms with van der Waals surface area (Å²) in [4.78, 5) is 39.5. The number of hydrogen-bond donors (Lipinski definition) is 3. The van der Waals surface area contributed by atoms with E-state index < -0.39 is 12.0 Å². The molecule has 0 fully saturated rings. The zero-order valence-corrected chi connectivity index (χ0v) is 10.4. The molecule has 0 spiro atoms. The van der Waals surface area contributed by atoms with E-state index in [9.17, 15) is 14.4 Å². The van der Waals surface area contributed by atoms with Crippen LogP contribution in [0.25, 0.3) is 0 Å². The number of amides is 2. The van der Waals surface area contributed by atoms with Crippen molar-refractivity contribution in [2.24, 2.45) is 0 Å². The summed E-state index contributed by atoms with van der Waals surface area (Å²) in [5, 5.41) is 4.77. The van der Waals surface area contributed by atoms with Crippen LogP contribution in [0.1, 0.15) is 5.69 Å². The summed E-state index contributed by atoms with van der Waals surface area (Å²) in [6, 6.07) is 0.737. The van der Waals surface area contributed by atoms with Crippen LogP contribution in [0.4, 0.5) is 10.7 Å². The molecule has 0 bridgehead atoms. The molecule has 1 aromatic heterocycles. The van der Waals surface area contributed by atoms with E-state index in [0.29, 0.717) is 5.69 Å². The molecule has 0 saturated carbocycles. The Kier molecular flexibility index (Phi) is 5.27. The minimum atomic E-state index is -0.566. The average Bonchev–Trinajstić information content (AvgIpc) is 2.33. The number of aryl methyl sites for hydroxylation is 1. The molecule has 1 rings (SSSR count). The van der Waals surface area contributed by atoms with Gasteiger partial charge in [0.25, 0.3) is 5.56 Å². The predicted octanol–water partition coefficient (Wildman–Crippen LogP) is -0.0710. The minimum absolute atomic E-state index is 0.0238. The molecule has 0 aromatic carbocycles. The van der Waals surface area contributed by atoms with Crippen molar-refractivity contribution >= 4 is 17.9 Å². The number of ether oxygens (including phenoxy) is 1. The number of anilines is 1. The number of H-pyrrole nitrogens is 1. The number of nitrogens with zero attached hydrogens (tertiary/aromatic N) is 1. The van der Waals surface area contributed by atoms with Crippen molar-refractivity contribution in [3.8, 4) is 0 Å². The smallest absolute Gasteiger partial charge is 0.330 e. The lowest BCUT2D eigenvalue weighted by atomic mass is 10.4. The fourth-order valence-corrected chi connectivity index (χ4v) is 1.17. The largest absolute Gasteiger partial charge is 0.461 e. The maximum Gasteiger partial charge on any atom is 0.330 e. The van der Waals surface area contributed by atoms with Crippen LogP contribution in [0.15, 0.2) is 23.5 Å². The van der Waals surface area contributed by atoms with Crippen molar-refractivity contribution in [2.45, 2.75) is 6.92 Å². The predicted molar refractivity (Wildman–Crippen MR) is 67.8 cm³/mol. The van der Waals surface area contributed by atoms with E-state index in [1.807, 2.05) is 0 Å². The first-order valence-electron chi connectivity index (χ1n) is 5.43. The Balaban J connectivity index is 2.37. The number of rotatable bonds is 5. The topological polar surface area (TPSA) is 113 Å². The maximum absolute atomic E-state index is 11.4.